The topological polar surface area (TPSA) is 72.5 Å². The molecule has 2 N–H and O–H groups in total. The quantitative estimate of drug-likeness (QED) is 0.737. The second-order valence-electron chi connectivity index (χ2n) is 5.81. The minimum Gasteiger partial charge on any atom is -0.454 e. The normalized spacial score (nSPS) is 11.8. The van der Waals surface area contributed by atoms with Gasteiger partial charge in [0.25, 0.3) is 5.91 Å². The smallest absolute Gasteiger partial charge is 0.255 e. The molecule has 6 heteroatoms. The molecule has 0 spiro atoms. The van der Waals surface area contributed by atoms with E-state index in [2.05, 4.69) is 15.6 Å². The van der Waals surface area contributed by atoms with Crippen molar-refractivity contribution in [3.05, 3.63) is 78.1 Å². The van der Waals surface area contributed by atoms with Crippen LogP contribution in [0, 0.1) is 0 Å². The number of carbonyl (C=O) groups is 1. The van der Waals surface area contributed by atoms with Crippen molar-refractivity contribution in [2.24, 2.45) is 0 Å². The number of rotatable bonds is 5. The van der Waals surface area contributed by atoms with E-state index in [1.54, 1.807) is 30.6 Å². The van der Waals surface area contributed by atoms with Gasteiger partial charge >= 0.3 is 0 Å². The van der Waals surface area contributed by atoms with Crippen LogP contribution in [-0.2, 0) is 6.54 Å². The summed E-state index contributed by atoms with van der Waals surface area (Å²) in [6.45, 7) is 0.903. The van der Waals surface area contributed by atoms with Gasteiger partial charge in [-0.25, -0.2) is 0 Å². The van der Waals surface area contributed by atoms with Crippen molar-refractivity contribution in [1.29, 1.82) is 0 Å². The molecule has 1 aliphatic rings. The van der Waals surface area contributed by atoms with Gasteiger partial charge in [0.05, 0.1) is 0 Å². The van der Waals surface area contributed by atoms with Crippen molar-refractivity contribution in [2.75, 3.05) is 17.4 Å². The van der Waals surface area contributed by atoms with Crippen LogP contribution in [0.25, 0.3) is 0 Å². The predicted octanol–water partition coefficient (Wildman–Crippen LogP) is 3.67. The Labute approximate surface area is 150 Å². The van der Waals surface area contributed by atoms with Crippen molar-refractivity contribution in [2.45, 2.75) is 6.54 Å². The summed E-state index contributed by atoms with van der Waals surface area (Å²) < 4.78 is 10.6. The van der Waals surface area contributed by atoms with Gasteiger partial charge in [0.2, 0.25) is 6.79 Å². The Kier molecular flexibility index (Phi) is 4.38. The Bertz CT molecular complexity index is 911. The zero-order valence-corrected chi connectivity index (χ0v) is 13.9. The van der Waals surface area contributed by atoms with Crippen molar-refractivity contribution in [1.82, 2.24) is 4.98 Å². The number of nitrogens with one attached hydrogen (secondary N) is 2. The summed E-state index contributed by atoms with van der Waals surface area (Å²) in [5.41, 5.74) is 3.37. The molecule has 1 aromatic heterocycles. The van der Waals surface area contributed by atoms with E-state index in [4.69, 9.17) is 9.47 Å². The molecular weight excluding hydrogens is 330 g/mol. The summed E-state index contributed by atoms with van der Waals surface area (Å²) in [7, 11) is 0. The molecule has 0 atom stereocenters. The lowest BCUT2D eigenvalue weighted by molar-refractivity contribution is 0.102. The molecule has 26 heavy (non-hydrogen) atoms. The number of hydrogen-bond donors (Lipinski definition) is 2. The van der Waals surface area contributed by atoms with Gasteiger partial charge in [-0.3, -0.25) is 9.78 Å². The maximum absolute atomic E-state index is 12.4. The van der Waals surface area contributed by atoms with E-state index in [0.717, 1.165) is 16.9 Å². The van der Waals surface area contributed by atoms with E-state index >= 15 is 0 Å². The number of anilines is 2. The van der Waals surface area contributed by atoms with Crippen LogP contribution in [0.15, 0.2) is 67.0 Å². The molecule has 0 radical (unpaired) electrons. The zero-order chi connectivity index (χ0) is 17.8. The van der Waals surface area contributed by atoms with Crippen LogP contribution >= 0.6 is 0 Å². The predicted molar refractivity (Wildman–Crippen MR) is 98.5 cm³/mol. The van der Waals surface area contributed by atoms with Gasteiger partial charge in [-0.15, -0.1) is 0 Å². The van der Waals surface area contributed by atoms with Gasteiger partial charge in [0, 0.05) is 35.9 Å². The molecule has 1 amide bonds. The fourth-order valence-corrected chi connectivity index (χ4v) is 2.62. The lowest BCUT2D eigenvalue weighted by atomic mass is 10.2. The first-order valence-electron chi connectivity index (χ1n) is 8.22. The third-order valence-electron chi connectivity index (χ3n) is 4.02. The monoisotopic (exact) mass is 347 g/mol. The molecule has 2 aromatic carbocycles. The Hall–Kier alpha value is -3.54. The van der Waals surface area contributed by atoms with Crippen molar-refractivity contribution in [3.8, 4) is 11.5 Å². The summed E-state index contributed by atoms with van der Waals surface area (Å²) in [4.78, 5) is 16.4. The summed E-state index contributed by atoms with van der Waals surface area (Å²) in [6.07, 6.45) is 3.54. The van der Waals surface area contributed by atoms with Gasteiger partial charge in [0.1, 0.15) is 0 Å². The molecule has 0 unspecified atom stereocenters. The maximum atomic E-state index is 12.4. The van der Waals surface area contributed by atoms with Gasteiger partial charge in [-0.1, -0.05) is 0 Å². The number of pyridine rings is 1. The molecule has 4 rings (SSSR count). The number of amides is 1. The van der Waals surface area contributed by atoms with Gasteiger partial charge in [-0.2, -0.15) is 0 Å². The van der Waals surface area contributed by atoms with E-state index in [-0.39, 0.29) is 12.7 Å². The van der Waals surface area contributed by atoms with Crippen LogP contribution in [0.4, 0.5) is 11.4 Å². The minimum atomic E-state index is -0.194. The first-order valence-corrected chi connectivity index (χ1v) is 8.22. The van der Waals surface area contributed by atoms with E-state index < -0.39 is 0 Å². The highest BCUT2D eigenvalue weighted by molar-refractivity contribution is 6.04. The molecule has 0 aliphatic carbocycles. The van der Waals surface area contributed by atoms with Crippen LogP contribution in [0.5, 0.6) is 11.5 Å². The lowest BCUT2D eigenvalue weighted by Gasteiger charge is -2.09. The van der Waals surface area contributed by atoms with E-state index in [0.29, 0.717) is 23.6 Å². The van der Waals surface area contributed by atoms with E-state index in [1.807, 2.05) is 36.4 Å². The highest BCUT2D eigenvalue weighted by atomic mass is 16.7. The second kappa shape index (κ2) is 7.14. The number of nitrogens with zero attached hydrogens (tertiary/aromatic N) is 1. The Morgan fingerprint density at radius 3 is 2.46 bits per heavy atom. The fraction of sp³-hybridized carbons (Fsp3) is 0.100. The molecule has 0 bridgehead atoms. The molecule has 130 valence electrons. The number of benzene rings is 2. The molecule has 0 saturated heterocycles. The molecule has 0 fully saturated rings. The third kappa shape index (κ3) is 3.59. The molecule has 6 nitrogen and oxygen atoms in total. The third-order valence-corrected chi connectivity index (χ3v) is 4.02. The summed E-state index contributed by atoms with van der Waals surface area (Å²) in [5, 5.41) is 6.21. The van der Waals surface area contributed by atoms with Gasteiger partial charge in [-0.05, 0) is 60.2 Å². The fourth-order valence-electron chi connectivity index (χ4n) is 2.62. The standard InChI is InChI=1S/C20H17N3O3/c24-20(15-1-6-18-19(11-15)26-13-25-18)23-17-4-2-16(3-5-17)22-12-14-7-9-21-10-8-14/h1-11,22H,12-13H2,(H,23,24). The minimum absolute atomic E-state index is 0.189. The highest BCUT2D eigenvalue weighted by Gasteiger charge is 2.16. The first kappa shape index (κ1) is 16.0. The van der Waals surface area contributed by atoms with Crippen molar-refractivity contribution < 1.29 is 14.3 Å². The summed E-state index contributed by atoms with van der Waals surface area (Å²) in [5.74, 6) is 1.06. The van der Waals surface area contributed by atoms with Crippen molar-refractivity contribution >= 4 is 17.3 Å². The summed E-state index contributed by atoms with van der Waals surface area (Å²) in [6, 6.07) is 16.6. The van der Waals surface area contributed by atoms with Crippen LogP contribution in [0.2, 0.25) is 0 Å². The molecule has 1 aliphatic heterocycles. The van der Waals surface area contributed by atoms with Crippen LogP contribution in [0.3, 0.4) is 0 Å². The molecule has 2 heterocycles. The Balaban J connectivity index is 1.37. The maximum Gasteiger partial charge on any atom is 0.255 e. The molecular formula is C20H17N3O3. The molecule has 3 aromatic rings. The Morgan fingerprint density at radius 2 is 1.65 bits per heavy atom. The van der Waals surface area contributed by atoms with Crippen LogP contribution in [-0.4, -0.2) is 17.7 Å². The zero-order valence-electron chi connectivity index (χ0n) is 13.9. The van der Waals surface area contributed by atoms with Crippen molar-refractivity contribution in [3.63, 3.8) is 0 Å². The average Bonchev–Trinajstić information content (AvgIpc) is 3.16. The summed E-state index contributed by atoms with van der Waals surface area (Å²) >= 11 is 0. The lowest BCUT2D eigenvalue weighted by Crippen LogP contribution is -2.11. The number of carbonyl (C=O) groups excluding carboxylic acids is 1. The SMILES string of the molecule is O=C(Nc1ccc(NCc2ccncc2)cc1)c1ccc2c(c1)OCO2. The number of fused-ring (bicyclic) bond motifs is 1. The largest absolute Gasteiger partial charge is 0.454 e. The number of ether oxygens (including phenoxy) is 2. The van der Waals surface area contributed by atoms with E-state index in [9.17, 15) is 4.79 Å². The molecule has 0 saturated carbocycles. The second-order valence-corrected chi connectivity index (χ2v) is 5.81. The first-order chi connectivity index (χ1) is 12.8. The highest BCUT2D eigenvalue weighted by Crippen LogP contribution is 2.32. The van der Waals surface area contributed by atoms with Gasteiger partial charge < -0.3 is 20.1 Å². The van der Waals surface area contributed by atoms with Crippen LogP contribution < -0.4 is 20.1 Å². The number of aromatic nitrogens is 1. The number of hydrogen-bond acceptors (Lipinski definition) is 5. The van der Waals surface area contributed by atoms with Crippen LogP contribution in [0.1, 0.15) is 15.9 Å². The Morgan fingerprint density at radius 1 is 0.923 bits per heavy atom. The van der Waals surface area contributed by atoms with E-state index in [1.165, 1.54) is 0 Å². The average molecular weight is 347 g/mol. The van der Waals surface area contributed by atoms with Gasteiger partial charge in [0.15, 0.2) is 11.5 Å².